The van der Waals surface area contributed by atoms with E-state index in [-0.39, 0.29) is 23.7 Å². The molecule has 0 atom stereocenters. The van der Waals surface area contributed by atoms with E-state index in [1.165, 1.54) is 38.5 Å². The number of aromatic amines is 1. The van der Waals surface area contributed by atoms with Crippen LogP contribution in [-0.2, 0) is 16.1 Å². The highest BCUT2D eigenvalue weighted by molar-refractivity contribution is 5.94. The third kappa shape index (κ3) is 6.15. The van der Waals surface area contributed by atoms with Crippen LogP contribution in [0.5, 0.6) is 0 Å². The van der Waals surface area contributed by atoms with Crippen LogP contribution in [0.15, 0.2) is 42.5 Å². The summed E-state index contributed by atoms with van der Waals surface area (Å²) >= 11 is 0. The SMILES string of the molecule is O=C(NCc1ccc(-c2nc3ccc(NC(=O)C4CCCCCC4)cc3[nH]2)cc1)C1CCCCCC1. The van der Waals surface area contributed by atoms with E-state index in [0.717, 1.165) is 72.2 Å². The molecule has 0 bridgehead atoms. The molecule has 36 heavy (non-hydrogen) atoms. The van der Waals surface area contributed by atoms with Crippen LogP contribution in [0.2, 0.25) is 0 Å². The molecular formula is C30H38N4O2. The van der Waals surface area contributed by atoms with Crippen LogP contribution in [0.25, 0.3) is 22.4 Å². The number of anilines is 1. The predicted molar refractivity (Wildman–Crippen MR) is 144 cm³/mol. The molecule has 1 aromatic heterocycles. The first-order valence-corrected chi connectivity index (χ1v) is 13.8. The standard InChI is InChI=1S/C30H38N4O2/c35-29(23-9-5-1-2-6-10-23)31-20-21-13-15-22(16-14-21)28-33-26-18-17-25(19-27(26)34-28)32-30(36)24-11-7-3-4-8-12-24/h13-19,23-24H,1-12,20H2,(H,31,35)(H,32,36)(H,33,34). The summed E-state index contributed by atoms with van der Waals surface area (Å²) < 4.78 is 0. The van der Waals surface area contributed by atoms with Crippen molar-refractivity contribution >= 4 is 28.5 Å². The smallest absolute Gasteiger partial charge is 0.227 e. The third-order valence-electron chi connectivity index (χ3n) is 7.90. The molecule has 3 aromatic rings. The van der Waals surface area contributed by atoms with Crippen molar-refractivity contribution in [1.29, 1.82) is 0 Å². The Morgan fingerprint density at radius 1 is 0.778 bits per heavy atom. The van der Waals surface area contributed by atoms with Crippen LogP contribution in [0, 0.1) is 11.8 Å². The van der Waals surface area contributed by atoms with E-state index in [2.05, 4.69) is 15.6 Å². The molecule has 3 N–H and O–H groups in total. The second-order valence-corrected chi connectivity index (χ2v) is 10.6. The average molecular weight is 487 g/mol. The van der Waals surface area contributed by atoms with Crippen molar-refractivity contribution in [2.45, 2.75) is 83.6 Å². The van der Waals surface area contributed by atoms with Crippen molar-refractivity contribution in [2.24, 2.45) is 11.8 Å². The topological polar surface area (TPSA) is 86.9 Å². The van der Waals surface area contributed by atoms with Crippen molar-refractivity contribution in [3.63, 3.8) is 0 Å². The fourth-order valence-electron chi connectivity index (χ4n) is 5.67. The molecule has 6 nitrogen and oxygen atoms in total. The molecule has 190 valence electrons. The first kappa shape index (κ1) is 24.5. The Bertz CT molecular complexity index is 1170. The van der Waals surface area contributed by atoms with Gasteiger partial charge in [-0.1, -0.05) is 75.6 Å². The van der Waals surface area contributed by atoms with E-state index >= 15 is 0 Å². The van der Waals surface area contributed by atoms with Crippen LogP contribution in [0.1, 0.15) is 82.6 Å². The minimum absolute atomic E-state index is 0.121. The Kier molecular flexibility index (Phi) is 7.99. The zero-order valence-electron chi connectivity index (χ0n) is 21.2. The van der Waals surface area contributed by atoms with E-state index in [4.69, 9.17) is 4.98 Å². The molecule has 2 aliphatic rings. The molecule has 0 spiro atoms. The van der Waals surface area contributed by atoms with Gasteiger partial charge in [0.25, 0.3) is 0 Å². The molecule has 0 radical (unpaired) electrons. The highest BCUT2D eigenvalue weighted by atomic mass is 16.2. The lowest BCUT2D eigenvalue weighted by molar-refractivity contribution is -0.125. The highest BCUT2D eigenvalue weighted by Crippen LogP contribution is 2.27. The lowest BCUT2D eigenvalue weighted by atomic mass is 9.99. The normalized spacial score (nSPS) is 17.9. The number of fused-ring (bicyclic) bond motifs is 1. The van der Waals surface area contributed by atoms with Gasteiger partial charge >= 0.3 is 0 Å². The van der Waals surface area contributed by atoms with E-state index in [1.54, 1.807) is 0 Å². The molecule has 2 saturated carbocycles. The number of rotatable bonds is 6. The van der Waals surface area contributed by atoms with E-state index in [9.17, 15) is 9.59 Å². The van der Waals surface area contributed by atoms with Gasteiger partial charge in [0.05, 0.1) is 11.0 Å². The number of hydrogen-bond donors (Lipinski definition) is 3. The number of imidazole rings is 1. The number of H-pyrrole nitrogens is 1. The lowest BCUT2D eigenvalue weighted by Crippen LogP contribution is -2.30. The van der Waals surface area contributed by atoms with Gasteiger partial charge in [-0.05, 0) is 49.4 Å². The molecule has 0 unspecified atom stereocenters. The van der Waals surface area contributed by atoms with E-state index in [0.29, 0.717) is 6.54 Å². The fraction of sp³-hybridized carbons (Fsp3) is 0.500. The molecule has 2 aromatic carbocycles. The predicted octanol–water partition coefficient (Wildman–Crippen LogP) is 6.73. The maximum Gasteiger partial charge on any atom is 0.227 e. The Morgan fingerprint density at radius 2 is 1.39 bits per heavy atom. The molecule has 2 aliphatic carbocycles. The summed E-state index contributed by atoms with van der Waals surface area (Å²) in [6.07, 6.45) is 13.6. The van der Waals surface area contributed by atoms with Gasteiger partial charge in [-0.25, -0.2) is 4.98 Å². The van der Waals surface area contributed by atoms with Crippen molar-refractivity contribution in [3.8, 4) is 11.4 Å². The lowest BCUT2D eigenvalue weighted by Gasteiger charge is -2.14. The Labute approximate surface area is 213 Å². The maximum atomic E-state index is 12.8. The largest absolute Gasteiger partial charge is 0.352 e. The number of benzene rings is 2. The van der Waals surface area contributed by atoms with Crippen molar-refractivity contribution < 1.29 is 9.59 Å². The highest BCUT2D eigenvalue weighted by Gasteiger charge is 2.21. The quantitative estimate of drug-likeness (QED) is 0.338. The summed E-state index contributed by atoms with van der Waals surface area (Å²) in [7, 11) is 0. The Hall–Kier alpha value is -3.15. The van der Waals surface area contributed by atoms with Gasteiger partial charge in [-0.2, -0.15) is 0 Å². The van der Waals surface area contributed by atoms with E-state index in [1.807, 2.05) is 42.5 Å². The van der Waals surface area contributed by atoms with Gasteiger partial charge < -0.3 is 15.6 Å². The minimum Gasteiger partial charge on any atom is -0.352 e. The number of carbonyl (C=O) groups is 2. The van der Waals surface area contributed by atoms with Gasteiger partial charge in [0, 0.05) is 29.6 Å². The number of hydrogen-bond acceptors (Lipinski definition) is 3. The molecular weight excluding hydrogens is 448 g/mol. The summed E-state index contributed by atoms with van der Waals surface area (Å²) in [6, 6.07) is 14.0. The molecule has 6 heteroatoms. The molecule has 5 rings (SSSR count). The number of amides is 2. The molecule has 1 heterocycles. The number of carbonyl (C=O) groups excluding carboxylic acids is 2. The van der Waals surface area contributed by atoms with Crippen LogP contribution in [-0.4, -0.2) is 21.8 Å². The average Bonchev–Trinajstić information content (AvgIpc) is 3.08. The monoisotopic (exact) mass is 486 g/mol. The van der Waals surface area contributed by atoms with Crippen molar-refractivity contribution in [3.05, 3.63) is 48.0 Å². The van der Waals surface area contributed by atoms with Crippen LogP contribution >= 0.6 is 0 Å². The van der Waals surface area contributed by atoms with Gasteiger partial charge in [0.15, 0.2) is 0 Å². The maximum absolute atomic E-state index is 12.8. The minimum atomic E-state index is 0.121. The van der Waals surface area contributed by atoms with Crippen LogP contribution < -0.4 is 10.6 Å². The molecule has 2 fully saturated rings. The summed E-state index contributed by atoms with van der Waals surface area (Å²) in [5, 5.41) is 6.25. The van der Waals surface area contributed by atoms with Gasteiger partial charge in [0.1, 0.15) is 5.82 Å². The first-order valence-electron chi connectivity index (χ1n) is 13.8. The second kappa shape index (κ2) is 11.7. The Balaban J connectivity index is 1.20. The van der Waals surface area contributed by atoms with Gasteiger partial charge in [0.2, 0.25) is 11.8 Å². The van der Waals surface area contributed by atoms with Crippen LogP contribution in [0.3, 0.4) is 0 Å². The zero-order chi connectivity index (χ0) is 24.7. The van der Waals surface area contributed by atoms with Crippen molar-refractivity contribution in [1.82, 2.24) is 15.3 Å². The summed E-state index contributed by atoms with van der Waals surface area (Å²) in [6.45, 7) is 0.555. The van der Waals surface area contributed by atoms with E-state index < -0.39 is 0 Å². The summed E-state index contributed by atoms with van der Waals surface area (Å²) in [5.41, 5.74) is 4.67. The van der Waals surface area contributed by atoms with Crippen molar-refractivity contribution in [2.75, 3.05) is 5.32 Å². The molecule has 0 saturated heterocycles. The summed E-state index contributed by atoms with van der Waals surface area (Å²) in [4.78, 5) is 33.5. The molecule has 2 amide bonds. The Morgan fingerprint density at radius 3 is 2.03 bits per heavy atom. The number of nitrogens with one attached hydrogen (secondary N) is 3. The zero-order valence-corrected chi connectivity index (χ0v) is 21.2. The third-order valence-corrected chi connectivity index (χ3v) is 7.90. The molecule has 0 aliphatic heterocycles. The number of aromatic nitrogens is 2. The van der Waals surface area contributed by atoms with Crippen LogP contribution in [0.4, 0.5) is 5.69 Å². The summed E-state index contributed by atoms with van der Waals surface area (Å²) in [5.74, 6) is 1.42. The first-order chi connectivity index (χ1) is 17.7. The van der Waals surface area contributed by atoms with Gasteiger partial charge in [-0.15, -0.1) is 0 Å². The van der Waals surface area contributed by atoms with Gasteiger partial charge in [-0.3, -0.25) is 9.59 Å². The number of nitrogens with zero attached hydrogens (tertiary/aromatic N) is 1. The fourth-order valence-corrected chi connectivity index (χ4v) is 5.67. The second-order valence-electron chi connectivity index (χ2n) is 10.6.